The summed E-state index contributed by atoms with van der Waals surface area (Å²) in [5, 5.41) is 3.45. The number of anilines is 1. The molecular formula is C26H30ClN3O3. The van der Waals surface area contributed by atoms with Crippen LogP contribution in [0.25, 0.3) is 0 Å². The van der Waals surface area contributed by atoms with Crippen LogP contribution in [0.4, 0.5) is 10.5 Å². The van der Waals surface area contributed by atoms with E-state index in [9.17, 15) is 9.59 Å². The van der Waals surface area contributed by atoms with Gasteiger partial charge in [0.2, 0.25) is 5.91 Å². The fourth-order valence-corrected chi connectivity index (χ4v) is 3.58. The van der Waals surface area contributed by atoms with Crippen LogP contribution in [0, 0.1) is 12.8 Å². The number of nitrogens with one attached hydrogen (secondary N) is 1. The van der Waals surface area contributed by atoms with Crippen molar-refractivity contribution < 1.29 is 14.0 Å². The summed E-state index contributed by atoms with van der Waals surface area (Å²) in [5.41, 5.74) is 1.63. The molecule has 3 aromatic rings. The zero-order valence-corrected chi connectivity index (χ0v) is 20.0. The topological polar surface area (TPSA) is 65.8 Å². The molecule has 7 heteroatoms. The number of hydrogen-bond donors (Lipinski definition) is 1. The van der Waals surface area contributed by atoms with Gasteiger partial charge in [0, 0.05) is 23.8 Å². The van der Waals surface area contributed by atoms with E-state index >= 15 is 0 Å². The van der Waals surface area contributed by atoms with Gasteiger partial charge in [0.25, 0.3) is 0 Å². The molecule has 0 radical (unpaired) electrons. The van der Waals surface area contributed by atoms with Crippen molar-refractivity contribution in [3.8, 4) is 0 Å². The van der Waals surface area contributed by atoms with Crippen molar-refractivity contribution in [2.45, 2.75) is 33.9 Å². The number of halogens is 1. The molecule has 0 bridgehead atoms. The quantitative estimate of drug-likeness (QED) is 0.422. The van der Waals surface area contributed by atoms with Gasteiger partial charge < -0.3 is 19.5 Å². The lowest BCUT2D eigenvalue weighted by Crippen LogP contribution is -2.45. The minimum Gasteiger partial charge on any atom is -0.464 e. The number of rotatable bonds is 9. The molecule has 3 amide bonds. The van der Waals surface area contributed by atoms with Crippen LogP contribution in [0.2, 0.25) is 5.02 Å². The van der Waals surface area contributed by atoms with Crippen molar-refractivity contribution in [1.29, 1.82) is 0 Å². The number of aryl methyl sites for hydroxylation is 1. The van der Waals surface area contributed by atoms with Gasteiger partial charge in [-0.2, -0.15) is 0 Å². The van der Waals surface area contributed by atoms with Crippen molar-refractivity contribution in [3.05, 3.63) is 88.8 Å². The fourth-order valence-electron chi connectivity index (χ4n) is 3.45. The fraction of sp³-hybridized carbons (Fsp3) is 0.308. The molecular weight excluding hydrogens is 438 g/mol. The summed E-state index contributed by atoms with van der Waals surface area (Å²) in [7, 11) is 0. The third kappa shape index (κ3) is 7.68. The number of carbonyl (C=O) groups is 2. The van der Waals surface area contributed by atoms with Crippen LogP contribution in [-0.4, -0.2) is 34.8 Å². The first-order valence-corrected chi connectivity index (χ1v) is 11.4. The van der Waals surface area contributed by atoms with Gasteiger partial charge in [-0.1, -0.05) is 55.8 Å². The van der Waals surface area contributed by atoms with Crippen molar-refractivity contribution in [2.75, 3.05) is 18.4 Å². The average molecular weight is 468 g/mol. The van der Waals surface area contributed by atoms with Crippen LogP contribution in [-0.2, 0) is 17.9 Å². The molecule has 6 nitrogen and oxygen atoms in total. The molecule has 0 aliphatic heterocycles. The van der Waals surface area contributed by atoms with Gasteiger partial charge in [-0.05, 0) is 54.8 Å². The van der Waals surface area contributed by atoms with E-state index in [0.29, 0.717) is 36.1 Å². The van der Waals surface area contributed by atoms with Crippen LogP contribution in [0.5, 0.6) is 0 Å². The first kappa shape index (κ1) is 24.4. The maximum absolute atomic E-state index is 13.4. The highest BCUT2D eigenvalue weighted by atomic mass is 35.5. The van der Waals surface area contributed by atoms with Gasteiger partial charge in [-0.3, -0.25) is 4.79 Å². The summed E-state index contributed by atoms with van der Waals surface area (Å²) in [4.78, 5) is 29.7. The molecule has 1 N–H and O–H groups in total. The second kappa shape index (κ2) is 11.6. The Balaban J connectivity index is 1.75. The zero-order chi connectivity index (χ0) is 23.8. The van der Waals surface area contributed by atoms with Crippen LogP contribution in [0.15, 0.2) is 71.1 Å². The van der Waals surface area contributed by atoms with Crippen molar-refractivity contribution in [1.82, 2.24) is 9.80 Å². The molecule has 33 heavy (non-hydrogen) atoms. The molecule has 1 heterocycles. The lowest BCUT2D eigenvalue weighted by atomic mass is 10.2. The number of urea groups is 1. The molecule has 3 rings (SSSR count). The minimum atomic E-state index is -0.326. The van der Waals surface area contributed by atoms with Gasteiger partial charge in [0.15, 0.2) is 0 Å². The summed E-state index contributed by atoms with van der Waals surface area (Å²) in [5.74, 6) is 1.54. The molecule has 0 aliphatic rings. The monoisotopic (exact) mass is 467 g/mol. The molecule has 0 saturated carbocycles. The zero-order valence-electron chi connectivity index (χ0n) is 19.3. The molecule has 174 valence electrons. The molecule has 2 aromatic carbocycles. The van der Waals surface area contributed by atoms with E-state index in [1.807, 2.05) is 63.2 Å². The van der Waals surface area contributed by atoms with E-state index in [4.69, 9.17) is 16.0 Å². The largest absolute Gasteiger partial charge is 0.464 e. The number of amides is 3. The lowest BCUT2D eigenvalue weighted by Gasteiger charge is -2.28. The van der Waals surface area contributed by atoms with Crippen LogP contribution < -0.4 is 5.32 Å². The molecule has 1 aromatic heterocycles. The van der Waals surface area contributed by atoms with Crippen molar-refractivity contribution in [2.24, 2.45) is 5.92 Å². The molecule has 0 saturated heterocycles. The van der Waals surface area contributed by atoms with Crippen LogP contribution in [0.3, 0.4) is 0 Å². The Bertz CT molecular complexity index is 1050. The van der Waals surface area contributed by atoms with Crippen LogP contribution >= 0.6 is 11.6 Å². The molecule has 0 unspecified atom stereocenters. The third-order valence-corrected chi connectivity index (χ3v) is 5.26. The number of furan rings is 1. The van der Waals surface area contributed by atoms with Crippen LogP contribution in [0.1, 0.15) is 30.9 Å². The van der Waals surface area contributed by atoms with Crippen molar-refractivity contribution in [3.63, 3.8) is 0 Å². The highest BCUT2D eigenvalue weighted by molar-refractivity contribution is 6.30. The second-order valence-corrected chi connectivity index (χ2v) is 8.90. The average Bonchev–Trinajstić information content (AvgIpc) is 3.19. The van der Waals surface area contributed by atoms with Gasteiger partial charge >= 0.3 is 6.03 Å². The highest BCUT2D eigenvalue weighted by Crippen LogP contribution is 2.16. The summed E-state index contributed by atoms with van der Waals surface area (Å²) in [6.07, 6.45) is 0. The smallest absolute Gasteiger partial charge is 0.322 e. The summed E-state index contributed by atoms with van der Waals surface area (Å²) >= 11 is 5.94. The van der Waals surface area contributed by atoms with Gasteiger partial charge in [0.1, 0.15) is 18.1 Å². The van der Waals surface area contributed by atoms with E-state index in [0.717, 1.165) is 11.3 Å². The predicted molar refractivity (Wildman–Crippen MR) is 131 cm³/mol. The number of benzene rings is 2. The van der Waals surface area contributed by atoms with E-state index < -0.39 is 0 Å². The Morgan fingerprint density at radius 2 is 1.64 bits per heavy atom. The molecule has 0 atom stereocenters. The van der Waals surface area contributed by atoms with Gasteiger partial charge in [0.05, 0.1) is 6.54 Å². The SMILES string of the molecule is Cc1ccc(CN(Cc2ccccc2)C(=O)CN(CC(C)C)C(=O)Nc2ccc(Cl)cc2)o1. The Kier molecular flexibility index (Phi) is 8.55. The first-order chi connectivity index (χ1) is 15.8. The Labute approximate surface area is 200 Å². The number of carbonyl (C=O) groups excluding carboxylic acids is 2. The lowest BCUT2D eigenvalue weighted by molar-refractivity contribution is -0.133. The normalized spacial score (nSPS) is 10.8. The summed E-state index contributed by atoms with van der Waals surface area (Å²) in [6, 6.07) is 20.1. The van der Waals surface area contributed by atoms with E-state index in [1.54, 1.807) is 34.1 Å². The molecule has 0 aliphatic carbocycles. The standard InChI is InChI=1S/C26H30ClN3O3/c1-19(2)15-30(26(32)28-23-12-10-22(27)11-13-23)18-25(31)29(16-21-7-5-4-6-8-21)17-24-14-9-20(3)33-24/h4-14,19H,15-18H2,1-3H3,(H,28,32). The van der Waals surface area contributed by atoms with Gasteiger partial charge in [-0.15, -0.1) is 0 Å². The number of hydrogen-bond acceptors (Lipinski definition) is 3. The number of nitrogens with zero attached hydrogens (tertiary/aromatic N) is 2. The third-order valence-electron chi connectivity index (χ3n) is 5.01. The first-order valence-electron chi connectivity index (χ1n) is 11.0. The van der Waals surface area contributed by atoms with E-state index in [1.165, 1.54) is 0 Å². The maximum atomic E-state index is 13.4. The van der Waals surface area contributed by atoms with Crippen molar-refractivity contribution >= 4 is 29.2 Å². The van der Waals surface area contributed by atoms with E-state index in [2.05, 4.69) is 5.32 Å². The highest BCUT2D eigenvalue weighted by Gasteiger charge is 2.23. The van der Waals surface area contributed by atoms with E-state index in [-0.39, 0.29) is 24.4 Å². The second-order valence-electron chi connectivity index (χ2n) is 8.46. The van der Waals surface area contributed by atoms with Gasteiger partial charge in [-0.25, -0.2) is 4.79 Å². The molecule has 0 fully saturated rings. The minimum absolute atomic E-state index is 0.0376. The summed E-state index contributed by atoms with van der Waals surface area (Å²) in [6.45, 7) is 7.07. The summed E-state index contributed by atoms with van der Waals surface area (Å²) < 4.78 is 5.71. The predicted octanol–water partition coefficient (Wildman–Crippen LogP) is 5.96. The Hall–Kier alpha value is -3.25. The Morgan fingerprint density at radius 3 is 2.24 bits per heavy atom. The maximum Gasteiger partial charge on any atom is 0.322 e. The Morgan fingerprint density at radius 1 is 0.939 bits per heavy atom. The molecule has 0 spiro atoms.